The summed E-state index contributed by atoms with van der Waals surface area (Å²) in [6.07, 6.45) is 0.508. The van der Waals surface area contributed by atoms with Crippen molar-refractivity contribution in [3.63, 3.8) is 0 Å². The van der Waals surface area contributed by atoms with Crippen LogP contribution < -0.4 is 5.32 Å². The Hall–Kier alpha value is -1.33. The summed E-state index contributed by atoms with van der Waals surface area (Å²) >= 11 is 1.57. The fraction of sp³-hybridized carbons (Fsp3) is 0.308. The van der Waals surface area contributed by atoms with Crippen molar-refractivity contribution in [2.45, 2.75) is 19.4 Å². The van der Waals surface area contributed by atoms with Crippen molar-refractivity contribution in [1.82, 2.24) is 10.3 Å². The normalized spacial score (nSPS) is 12.7. The Labute approximate surface area is 109 Å². The Balaban J connectivity index is 2.20. The van der Waals surface area contributed by atoms with E-state index in [0.717, 1.165) is 16.8 Å². The van der Waals surface area contributed by atoms with Gasteiger partial charge in [-0.2, -0.15) is 0 Å². The smallest absolute Gasteiger partial charge is 0.126 e. The van der Waals surface area contributed by atoms with E-state index in [1.54, 1.807) is 11.3 Å². The summed E-state index contributed by atoms with van der Waals surface area (Å²) in [5.41, 5.74) is 1.53. The molecule has 1 atom stereocenters. The Morgan fingerprint density at radius 1 is 1.28 bits per heavy atom. The van der Waals surface area contributed by atoms with Crippen molar-refractivity contribution in [2.24, 2.45) is 0 Å². The number of rotatable bonds is 4. The van der Waals surface area contributed by atoms with Crippen molar-refractivity contribution >= 4 is 11.3 Å². The third-order valence-electron chi connectivity index (χ3n) is 2.70. The van der Waals surface area contributed by atoms with Gasteiger partial charge in [0, 0.05) is 11.4 Å². The van der Waals surface area contributed by atoms with Crippen LogP contribution in [0.3, 0.4) is 0 Å². The second-order valence-corrected chi connectivity index (χ2v) is 5.18. The molecule has 0 spiro atoms. The van der Waals surface area contributed by atoms with Gasteiger partial charge < -0.3 is 5.32 Å². The highest BCUT2D eigenvalue weighted by atomic mass is 32.1. The van der Waals surface area contributed by atoms with Gasteiger partial charge in [-0.25, -0.2) is 13.8 Å². The van der Waals surface area contributed by atoms with Gasteiger partial charge in [-0.15, -0.1) is 11.3 Å². The number of hydrogen-bond acceptors (Lipinski definition) is 3. The van der Waals surface area contributed by atoms with Crippen LogP contribution in [0.4, 0.5) is 8.78 Å². The Kier molecular flexibility index (Phi) is 4.04. The number of aryl methyl sites for hydroxylation is 1. The standard InChI is InChI=1S/C13H14F2N2S/c1-8-17-13(7-18-8)12(16-2)5-9-3-10(14)6-11(15)4-9/h3-4,6-7,12,16H,5H2,1-2H3. The lowest BCUT2D eigenvalue weighted by Crippen LogP contribution is -2.19. The number of likely N-dealkylation sites (N-methyl/N-ethyl adjacent to an activating group) is 1. The maximum Gasteiger partial charge on any atom is 0.126 e. The van der Waals surface area contributed by atoms with E-state index in [4.69, 9.17) is 0 Å². The quantitative estimate of drug-likeness (QED) is 0.921. The maximum absolute atomic E-state index is 13.1. The molecule has 0 aliphatic carbocycles. The summed E-state index contributed by atoms with van der Waals surface area (Å²) in [4.78, 5) is 4.39. The zero-order valence-electron chi connectivity index (χ0n) is 10.2. The van der Waals surface area contributed by atoms with Crippen molar-refractivity contribution in [3.8, 4) is 0 Å². The van der Waals surface area contributed by atoms with E-state index in [2.05, 4.69) is 10.3 Å². The van der Waals surface area contributed by atoms with Gasteiger partial charge >= 0.3 is 0 Å². The molecule has 1 heterocycles. The lowest BCUT2D eigenvalue weighted by Gasteiger charge is -2.14. The lowest BCUT2D eigenvalue weighted by atomic mass is 10.0. The second kappa shape index (κ2) is 5.54. The number of benzene rings is 1. The summed E-state index contributed by atoms with van der Waals surface area (Å²) in [5, 5.41) is 6.06. The van der Waals surface area contributed by atoms with Crippen molar-refractivity contribution in [3.05, 3.63) is 51.5 Å². The number of nitrogens with zero attached hydrogens (tertiary/aromatic N) is 1. The van der Waals surface area contributed by atoms with Crippen molar-refractivity contribution in [1.29, 1.82) is 0 Å². The Bertz CT molecular complexity index is 519. The average Bonchev–Trinajstić information content (AvgIpc) is 2.71. The molecular formula is C13H14F2N2S. The van der Waals surface area contributed by atoms with E-state index < -0.39 is 11.6 Å². The molecule has 96 valence electrons. The van der Waals surface area contributed by atoms with Gasteiger partial charge in [0.15, 0.2) is 0 Å². The van der Waals surface area contributed by atoms with Gasteiger partial charge in [0.2, 0.25) is 0 Å². The van der Waals surface area contributed by atoms with Gasteiger partial charge in [-0.1, -0.05) is 0 Å². The zero-order chi connectivity index (χ0) is 13.1. The zero-order valence-corrected chi connectivity index (χ0v) is 11.0. The van der Waals surface area contributed by atoms with Crippen LogP contribution in [0, 0.1) is 18.6 Å². The first-order valence-electron chi connectivity index (χ1n) is 5.62. The monoisotopic (exact) mass is 268 g/mol. The van der Waals surface area contributed by atoms with E-state index in [1.807, 2.05) is 19.4 Å². The molecule has 1 unspecified atom stereocenters. The molecule has 2 rings (SSSR count). The molecular weight excluding hydrogens is 254 g/mol. The van der Waals surface area contributed by atoms with Crippen LogP contribution in [-0.4, -0.2) is 12.0 Å². The first-order valence-corrected chi connectivity index (χ1v) is 6.50. The fourth-order valence-electron chi connectivity index (χ4n) is 1.86. The first kappa shape index (κ1) is 13.1. The van der Waals surface area contributed by atoms with Crippen molar-refractivity contribution in [2.75, 3.05) is 7.05 Å². The molecule has 2 nitrogen and oxygen atoms in total. The predicted octanol–water partition coefficient (Wildman–Crippen LogP) is 3.23. The number of thiazole rings is 1. The van der Waals surface area contributed by atoms with E-state index in [1.165, 1.54) is 12.1 Å². The fourth-order valence-corrected chi connectivity index (χ4v) is 2.53. The summed E-state index contributed by atoms with van der Waals surface area (Å²) in [6, 6.07) is 3.56. The third kappa shape index (κ3) is 3.11. The Morgan fingerprint density at radius 3 is 2.44 bits per heavy atom. The lowest BCUT2D eigenvalue weighted by molar-refractivity contribution is 0.556. The van der Waals surface area contributed by atoms with Gasteiger partial charge in [-0.3, -0.25) is 0 Å². The van der Waals surface area contributed by atoms with Crippen LogP contribution in [0.15, 0.2) is 23.6 Å². The van der Waals surface area contributed by atoms with Gasteiger partial charge in [0.05, 0.1) is 16.7 Å². The molecule has 1 aromatic heterocycles. The summed E-state index contributed by atoms with van der Waals surface area (Å²) < 4.78 is 26.2. The first-order chi connectivity index (χ1) is 8.58. The molecule has 0 saturated carbocycles. The van der Waals surface area contributed by atoms with E-state index in [-0.39, 0.29) is 6.04 Å². The summed E-state index contributed by atoms with van der Waals surface area (Å²) in [6.45, 7) is 1.93. The van der Waals surface area contributed by atoms with Gasteiger partial charge in [0.25, 0.3) is 0 Å². The molecule has 0 saturated heterocycles. The average molecular weight is 268 g/mol. The molecule has 2 aromatic rings. The van der Waals surface area contributed by atoms with E-state index in [0.29, 0.717) is 12.0 Å². The molecule has 0 aliphatic rings. The van der Waals surface area contributed by atoms with Crippen LogP contribution >= 0.6 is 11.3 Å². The molecule has 0 amide bonds. The highest BCUT2D eigenvalue weighted by Gasteiger charge is 2.14. The molecule has 0 bridgehead atoms. The number of halogens is 2. The predicted molar refractivity (Wildman–Crippen MR) is 68.7 cm³/mol. The molecule has 0 fully saturated rings. The highest BCUT2D eigenvalue weighted by Crippen LogP contribution is 2.21. The van der Waals surface area contributed by atoms with Crippen LogP contribution in [0.5, 0.6) is 0 Å². The molecule has 1 aromatic carbocycles. The SMILES string of the molecule is CNC(Cc1cc(F)cc(F)c1)c1csc(C)n1. The van der Waals surface area contributed by atoms with Crippen molar-refractivity contribution < 1.29 is 8.78 Å². The second-order valence-electron chi connectivity index (χ2n) is 4.11. The van der Waals surface area contributed by atoms with Crippen LogP contribution in [-0.2, 0) is 6.42 Å². The Morgan fingerprint density at radius 2 is 1.94 bits per heavy atom. The maximum atomic E-state index is 13.1. The number of hydrogen-bond donors (Lipinski definition) is 1. The number of aromatic nitrogens is 1. The number of nitrogens with one attached hydrogen (secondary N) is 1. The van der Waals surface area contributed by atoms with E-state index >= 15 is 0 Å². The largest absolute Gasteiger partial charge is 0.311 e. The molecule has 0 radical (unpaired) electrons. The molecule has 18 heavy (non-hydrogen) atoms. The van der Waals surface area contributed by atoms with Crippen LogP contribution in [0.1, 0.15) is 22.3 Å². The third-order valence-corrected chi connectivity index (χ3v) is 3.50. The minimum Gasteiger partial charge on any atom is -0.311 e. The van der Waals surface area contributed by atoms with Crippen LogP contribution in [0.25, 0.3) is 0 Å². The summed E-state index contributed by atoms with van der Waals surface area (Å²) in [7, 11) is 1.81. The minimum absolute atomic E-state index is 0.0313. The van der Waals surface area contributed by atoms with Gasteiger partial charge in [-0.05, 0) is 38.1 Å². The van der Waals surface area contributed by atoms with E-state index in [9.17, 15) is 8.78 Å². The minimum atomic E-state index is -0.547. The molecule has 1 N–H and O–H groups in total. The topological polar surface area (TPSA) is 24.9 Å². The molecule has 0 aliphatic heterocycles. The van der Waals surface area contributed by atoms with Crippen LogP contribution in [0.2, 0.25) is 0 Å². The highest BCUT2D eigenvalue weighted by molar-refractivity contribution is 7.09. The summed E-state index contributed by atoms with van der Waals surface area (Å²) in [5.74, 6) is -1.09. The van der Waals surface area contributed by atoms with Gasteiger partial charge in [0.1, 0.15) is 11.6 Å². The molecule has 5 heteroatoms.